The molecule has 0 atom stereocenters. The van der Waals surface area contributed by atoms with Crippen LogP contribution in [0.5, 0.6) is 0 Å². The van der Waals surface area contributed by atoms with Crippen LogP contribution >= 0.6 is 0 Å². The zero-order valence-corrected chi connectivity index (χ0v) is 20.8. The molecule has 5 heteroatoms. The molecule has 0 spiro atoms. The molecule has 0 unspecified atom stereocenters. The lowest BCUT2D eigenvalue weighted by molar-refractivity contribution is 0.583. The average molecular weight is 504 g/mol. The summed E-state index contributed by atoms with van der Waals surface area (Å²) in [4.78, 5) is 9.34. The van der Waals surface area contributed by atoms with Gasteiger partial charge in [-0.1, -0.05) is 48.5 Å². The highest BCUT2D eigenvalue weighted by molar-refractivity contribution is 6.14. The van der Waals surface area contributed by atoms with Crippen molar-refractivity contribution >= 4 is 32.9 Å². The number of rotatable bonds is 4. The topological polar surface area (TPSA) is 57.0 Å². The number of benzene rings is 4. The van der Waals surface area contributed by atoms with Crippen molar-refractivity contribution in [2.75, 3.05) is 0 Å². The number of hydrogen-bond donors (Lipinski definition) is 0. The number of para-hydroxylation sites is 3. The maximum absolute atomic E-state index is 6.14. The summed E-state index contributed by atoms with van der Waals surface area (Å²) in [5.41, 5.74) is 8.72. The van der Waals surface area contributed by atoms with Crippen LogP contribution < -0.4 is 0 Å². The first-order valence-corrected chi connectivity index (χ1v) is 12.8. The molecule has 4 heterocycles. The minimum Gasteiger partial charge on any atom is -0.464 e. The van der Waals surface area contributed by atoms with Crippen molar-refractivity contribution in [3.05, 3.63) is 128 Å². The van der Waals surface area contributed by atoms with Gasteiger partial charge in [0.25, 0.3) is 0 Å². The van der Waals surface area contributed by atoms with Gasteiger partial charge in [0, 0.05) is 39.3 Å². The van der Waals surface area contributed by atoms with E-state index in [1.807, 2.05) is 60.8 Å². The van der Waals surface area contributed by atoms with Gasteiger partial charge in [-0.2, -0.15) is 0 Å². The third-order valence-electron chi connectivity index (χ3n) is 7.18. The Bertz CT molecular complexity index is 2090. The fourth-order valence-corrected chi connectivity index (χ4v) is 5.43. The van der Waals surface area contributed by atoms with Crippen molar-refractivity contribution in [3.63, 3.8) is 0 Å². The van der Waals surface area contributed by atoms with Gasteiger partial charge in [-0.3, -0.25) is 4.98 Å². The molecule has 0 aliphatic carbocycles. The monoisotopic (exact) mass is 503 g/mol. The second kappa shape index (κ2) is 8.57. The van der Waals surface area contributed by atoms with Crippen LogP contribution in [0.3, 0.4) is 0 Å². The molecule has 0 fully saturated rings. The Morgan fingerprint density at radius 3 is 2.46 bits per heavy atom. The summed E-state index contributed by atoms with van der Waals surface area (Å²) in [6.45, 7) is 0. The SMILES string of the molecule is c1ccc(-c2cccc(-n3c4cc(-c5nc6ccccc6o5)ccc4c4cccc(-c5ccco5)c43)c2)nc1. The lowest BCUT2D eigenvalue weighted by Gasteiger charge is -2.12. The van der Waals surface area contributed by atoms with Crippen molar-refractivity contribution in [2.45, 2.75) is 0 Å². The van der Waals surface area contributed by atoms with Crippen LogP contribution in [0.15, 0.2) is 137 Å². The van der Waals surface area contributed by atoms with Gasteiger partial charge in [0.15, 0.2) is 5.58 Å². The van der Waals surface area contributed by atoms with Crippen LogP contribution in [0.25, 0.3) is 72.6 Å². The molecule has 0 aliphatic heterocycles. The fourth-order valence-electron chi connectivity index (χ4n) is 5.43. The molecule has 4 aromatic heterocycles. The maximum Gasteiger partial charge on any atom is 0.227 e. The summed E-state index contributed by atoms with van der Waals surface area (Å²) in [7, 11) is 0. The highest BCUT2D eigenvalue weighted by Crippen LogP contribution is 2.40. The van der Waals surface area contributed by atoms with Crippen molar-refractivity contribution in [2.24, 2.45) is 0 Å². The lowest BCUT2D eigenvalue weighted by Crippen LogP contribution is -1.96. The largest absolute Gasteiger partial charge is 0.464 e. The van der Waals surface area contributed by atoms with Gasteiger partial charge < -0.3 is 13.4 Å². The Kier molecular flexibility index (Phi) is 4.76. The summed E-state index contributed by atoms with van der Waals surface area (Å²) in [6.07, 6.45) is 3.54. The number of pyridine rings is 1. The Labute approximate surface area is 223 Å². The predicted octanol–water partition coefficient (Wildman–Crippen LogP) is 8.91. The van der Waals surface area contributed by atoms with Crippen LogP contribution in [0.2, 0.25) is 0 Å². The molecule has 8 rings (SSSR count). The molecule has 0 aliphatic rings. The normalized spacial score (nSPS) is 11.6. The molecule has 8 aromatic rings. The molecule has 0 saturated carbocycles. The summed E-state index contributed by atoms with van der Waals surface area (Å²) in [6, 6.07) is 39.0. The molecule has 0 saturated heterocycles. The standard InChI is InChI=1S/C34H21N3O2/c1-2-14-32-29(13-1)36-34(39-32)23-16-17-25-26-10-6-11-27(31-15-7-19-38-31)33(26)37(30(25)21-23)24-9-5-8-22(20-24)28-12-3-4-18-35-28/h1-21H. The summed E-state index contributed by atoms with van der Waals surface area (Å²) < 4.78 is 14.3. The van der Waals surface area contributed by atoms with Crippen LogP contribution in [0.1, 0.15) is 0 Å². The number of fused-ring (bicyclic) bond motifs is 4. The molecular weight excluding hydrogens is 482 g/mol. The highest BCUT2D eigenvalue weighted by Gasteiger charge is 2.19. The zero-order chi connectivity index (χ0) is 25.8. The molecule has 0 amide bonds. The minimum absolute atomic E-state index is 0.600. The molecule has 4 aromatic carbocycles. The van der Waals surface area contributed by atoms with Crippen LogP contribution in [0, 0.1) is 0 Å². The van der Waals surface area contributed by atoms with Crippen molar-refractivity contribution in [1.29, 1.82) is 0 Å². The number of oxazole rings is 1. The van der Waals surface area contributed by atoms with Gasteiger partial charge in [0.2, 0.25) is 5.89 Å². The van der Waals surface area contributed by atoms with E-state index in [0.717, 1.165) is 66.7 Å². The smallest absolute Gasteiger partial charge is 0.227 e. The van der Waals surface area contributed by atoms with E-state index in [1.54, 1.807) is 6.26 Å². The van der Waals surface area contributed by atoms with E-state index in [4.69, 9.17) is 13.8 Å². The first-order chi connectivity index (χ1) is 19.3. The quantitative estimate of drug-likeness (QED) is 0.241. The van der Waals surface area contributed by atoms with E-state index in [9.17, 15) is 0 Å². The summed E-state index contributed by atoms with van der Waals surface area (Å²) in [5.74, 6) is 1.42. The molecule has 39 heavy (non-hydrogen) atoms. The van der Waals surface area contributed by atoms with Crippen LogP contribution in [0.4, 0.5) is 0 Å². The van der Waals surface area contributed by atoms with Gasteiger partial charge in [0.05, 0.1) is 23.0 Å². The predicted molar refractivity (Wildman–Crippen MR) is 155 cm³/mol. The van der Waals surface area contributed by atoms with E-state index < -0.39 is 0 Å². The third kappa shape index (κ3) is 3.48. The first-order valence-electron chi connectivity index (χ1n) is 12.8. The Morgan fingerprint density at radius 1 is 0.667 bits per heavy atom. The van der Waals surface area contributed by atoms with Gasteiger partial charge in [-0.25, -0.2) is 4.98 Å². The van der Waals surface area contributed by atoms with Gasteiger partial charge >= 0.3 is 0 Å². The van der Waals surface area contributed by atoms with Gasteiger partial charge in [-0.05, 0) is 66.7 Å². The van der Waals surface area contributed by atoms with Crippen molar-refractivity contribution in [3.8, 4) is 39.7 Å². The second-order valence-electron chi connectivity index (χ2n) is 9.50. The zero-order valence-electron chi connectivity index (χ0n) is 20.8. The van der Waals surface area contributed by atoms with Crippen molar-refractivity contribution in [1.82, 2.24) is 14.5 Å². The molecule has 184 valence electrons. The summed E-state index contributed by atoms with van der Waals surface area (Å²) >= 11 is 0. The third-order valence-corrected chi connectivity index (χ3v) is 7.18. The van der Waals surface area contributed by atoms with E-state index in [2.05, 4.69) is 70.2 Å². The maximum atomic E-state index is 6.14. The van der Waals surface area contributed by atoms with E-state index >= 15 is 0 Å². The summed E-state index contributed by atoms with van der Waals surface area (Å²) in [5, 5.41) is 2.28. The molecule has 0 bridgehead atoms. The van der Waals surface area contributed by atoms with Gasteiger partial charge in [0.1, 0.15) is 11.3 Å². The van der Waals surface area contributed by atoms with E-state index in [0.29, 0.717) is 5.89 Å². The van der Waals surface area contributed by atoms with E-state index in [1.165, 1.54) is 0 Å². The molecular formula is C34H21N3O2. The number of nitrogens with zero attached hydrogens (tertiary/aromatic N) is 3. The fraction of sp³-hybridized carbons (Fsp3) is 0. The Morgan fingerprint density at radius 2 is 1.59 bits per heavy atom. The van der Waals surface area contributed by atoms with E-state index in [-0.39, 0.29) is 0 Å². The van der Waals surface area contributed by atoms with Crippen LogP contribution in [-0.2, 0) is 0 Å². The molecule has 5 nitrogen and oxygen atoms in total. The van der Waals surface area contributed by atoms with Crippen LogP contribution in [-0.4, -0.2) is 14.5 Å². The lowest BCUT2D eigenvalue weighted by atomic mass is 10.1. The highest BCUT2D eigenvalue weighted by atomic mass is 16.3. The minimum atomic E-state index is 0.600. The number of furan rings is 1. The molecule has 0 N–H and O–H groups in total. The number of hydrogen-bond acceptors (Lipinski definition) is 4. The number of aromatic nitrogens is 3. The Balaban J connectivity index is 1.44. The van der Waals surface area contributed by atoms with Crippen molar-refractivity contribution < 1.29 is 8.83 Å². The second-order valence-corrected chi connectivity index (χ2v) is 9.50. The van der Waals surface area contributed by atoms with Gasteiger partial charge in [-0.15, -0.1) is 0 Å². The molecule has 0 radical (unpaired) electrons. The average Bonchev–Trinajstić information content (AvgIpc) is 3.75. The first kappa shape index (κ1) is 21.6. The Hall–Kier alpha value is -5.42.